The van der Waals surface area contributed by atoms with Gasteiger partial charge in [-0.2, -0.15) is 0 Å². The van der Waals surface area contributed by atoms with Crippen LogP contribution in [0.4, 0.5) is 0 Å². The molecular formula is C15H22N2O2. The number of benzene rings is 1. The minimum absolute atomic E-state index is 0.0463. The van der Waals surface area contributed by atoms with E-state index in [1.54, 1.807) is 7.11 Å². The molecule has 1 fully saturated rings. The Hall–Kier alpha value is -1.36. The van der Waals surface area contributed by atoms with E-state index in [4.69, 9.17) is 9.47 Å². The molecule has 2 atom stereocenters. The van der Waals surface area contributed by atoms with Gasteiger partial charge in [-0.15, -0.1) is 6.58 Å². The lowest BCUT2D eigenvalue weighted by Gasteiger charge is -2.40. The highest BCUT2D eigenvalue weighted by atomic mass is 16.6. The van der Waals surface area contributed by atoms with Crippen LogP contribution in [0.2, 0.25) is 0 Å². The van der Waals surface area contributed by atoms with Crippen LogP contribution in [0.25, 0.3) is 0 Å². The lowest BCUT2D eigenvalue weighted by Crippen LogP contribution is -2.53. The smallest absolute Gasteiger partial charge is 0.138 e. The first kappa shape index (κ1) is 14.1. The molecule has 1 aliphatic heterocycles. The van der Waals surface area contributed by atoms with Crippen LogP contribution in [0.15, 0.2) is 30.9 Å². The van der Waals surface area contributed by atoms with Crippen LogP contribution < -0.4 is 10.1 Å². The normalized spacial score (nSPS) is 22.1. The SMILES string of the molecule is C=CCc1c(OC)cccc1C1NC(CN(C)C)O1. The molecule has 1 saturated heterocycles. The molecule has 0 saturated carbocycles. The standard InChI is InChI=1S/C15H22N2O2/c1-5-7-11-12(8-6-9-13(11)18-4)15-16-14(19-15)10-17(2)3/h5-6,8-9,14-16H,1,7,10H2,2-4H3. The number of nitrogens with one attached hydrogen (secondary N) is 1. The Morgan fingerprint density at radius 1 is 1.47 bits per heavy atom. The van der Waals surface area contributed by atoms with Crippen molar-refractivity contribution in [1.29, 1.82) is 0 Å². The minimum Gasteiger partial charge on any atom is -0.496 e. The van der Waals surface area contributed by atoms with Crippen LogP contribution in [-0.2, 0) is 11.2 Å². The third kappa shape index (κ3) is 3.15. The number of hydrogen-bond acceptors (Lipinski definition) is 4. The average Bonchev–Trinajstić information content (AvgIpc) is 2.34. The maximum atomic E-state index is 5.88. The van der Waals surface area contributed by atoms with Crippen molar-refractivity contribution >= 4 is 0 Å². The number of rotatable bonds is 6. The molecule has 4 nitrogen and oxygen atoms in total. The predicted molar refractivity (Wildman–Crippen MR) is 76.2 cm³/mol. The van der Waals surface area contributed by atoms with Gasteiger partial charge in [-0.3, -0.25) is 5.32 Å². The summed E-state index contributed by atoms with van der Waals surface area (Å²) in [5, 5.41) is 3.42. The van der Waals surface area contributed by atoms with Crippen LogP contribution in [0.3, 0.4) is 0 Å². The van der Waals surface area contributed by atoms with Gasteiger partial charge in [-0.25, -0.2) is 0 Å². The van der Waals surface area contributed by atoms with E-state index in [-0.39, 0.29) is 12.5 Å². The lowest BCUT2D eigenvalue weighted by molar-refractivity contribution is -0.170. The number of methoxy groups -OCH3 is 1. The molecule has 0 aliphatic carbocycles. The van der Waals surface area contributed by atoms with Gasteiger partial charge in [0.2, 0.25) is 0 Å². The van der Waals surface area contributed by atoms with Crippen LogP contribution in [0.5, 0.6) is 5.75 Å². The maximum Gasteiger partial charge on any atom is 0.138 e. The van der Waals surface area contributed by atoms with Gasteiger partial charge in [0.05, 0.1) is 7.11 Å². The van der Waals surface area contributed by atoms with Crippen LogP contribution in [0, 0.1) is 0 Å². The topological polar surface area (TPSA) is 33.7 Å². The summed E-state index contributed by atoms with van der Waals surface area (Å²) in [5.74, 6) is 0.888. The molecule has 19 heavy (non-hydrogen) atoms. The zero-order valence-corrected chi connectivity index (χ0v) is 11.8. The van der Waals surface area contributed by atoms with Crippen molar-refractivity contribution in [3.63, 3.8) is 0 Å². The highest BCUT2D eigenvalue weighted by Gasteiger charge is 2.32. The fraction of sp³-hybridized carbons (Fsp3) is 0.467. The van der Waals surface area contributed by atoms with Gasteiger partial charge < -0.3 is 14.4 Å². The highest BCUT2D eigenvalue weighted by Crippen LogP contribution is 2.32. The van der Waals surface area contributed by atoms with Crippen molar-refractivity contribution in [1.82, 2.24) is 10.2 Å². The Kier molecular flexibility index (Phi) is 4.58. The van der Waals surface area contributed by atoms with E-state index in [1.165, 1.54) is 0 Å². The van der Waals surface area contributed by atoms with Crippen LogP contribution in [-0.4, -0.2) is 38.9 Å². The summed E-state index contributed by atoms with van der Waals surface area (Å²) in [6.07, 6.45) is 2.72. The third-order valence-corrected chi connectivity index (χ3v) is 3.19. The first-order valence-electron chi connectivity index (χ1n) is 6.48. The van der Waals surface area contributed by atoms with E-state index in [9.17, 15) is 0 Å². The van der Waals surface area contributed by atoms with Crippen LogP contribution in [0.1, 0.15) is 17.4 Å². The Bertz CT molecular complexity index is 440. The fourth-order valence-corrected chi connectivity index (χ4v) is 2.31. The van der Waals surface area contributed by atoms with Crippen LogP contribution >= 0.6 is 0 Å². The number of hydrogen-bond donors (Lipinski definition) is 1. The van der Waals surface area contributed by atoms with E-state index in [2.05, 4.69) is 22.9 Å². The van der Waals surface area contributed by atoms with Gasteiger partial charge in [0.1, 0.15) is 18.2 Å². The summed E-state index contributed by atoms with van der Waals surface area (Å²) >= 11 is 0. The monoisotopic (exact) mass is 262 g/mol. The Morgan fingerprint density at radius 3 is 2.79 bits per heavy atom. The molecule has 4 heteroatoms. The zero-order valence-electron chi connectivity index (χ0n) is 11.8. The molecule has 0 radical (unpaired) electrons. The number of ether oxygens (including phenoxy) is 2. The molecule has 1 aromatic rings. The molecule has 1 heterocycles. The van der Waals surface area contributed by atoms with Gasteiger partial charge in [0, 0.05) is 17.7 Å². The van der Waals surface area contributed by atoms with Crippen molar-refractivity contribution in [3.05, 3.63) is 42.0 Å². The third-order valence-electron chi connectivity index (χ3n) is 3.19. The summed E-state index contributed by atoms with van der Waals surface area (Å²) in [6.45, 7) is 4.68. The van der Waals surface area contributed by atoms with E-state index in [1.807, 2.05) is 32.3 Å². The molecule has 0 spiro atoms. The minimum atomic E-state index is -0.0463. The summed E-state index contributed by atoms with van der Waals surface area (Å²) in [4.78, 5) is 2.10. The second-order valence-electron chi connectivity index (χ2n) is 4.95. The zero-order chi connectivity index (χ0) is 13.8. The Labute approximate surface area is 115 Å². The Morgan fingerprint density at radius 2 is 2.21 bits per heavy atom. The highest BCUT2D eigenvalue weighted by molar-refractivity contribution is 5.43. The van der Waals surface area contributed by atoms with Crippen molar-refractivity contribution in [2.45, 2.75) is 18.9 Å². The second kappa shape index (κ2) is 6.19. The number of allylic oxidation sites excluding steroid dienone is 1. The van der Waals surface area contributed by atoms with Gasteiger partial charge in [0.15, 0.2) is 0 Å². The lowest BCUT2D eigenvalue weighted by atomic mass is 10.0. The molecule has 1 N–H and O–H groups in total. The molecule has 2 rings (SSSR count). The van der Waals surface area contributed by atoms with Gasteiger partial charge in [0.25, 0.3) is 0 Å². The van der Waals surface area contributed by atoms with Gasteiger partial charge in [-0.05, 0) is 26.6 Å². The van der Waals surface area contributed by atoms with Crippen molar-refractivity contribution < 1.29 is 9.47 Å². The molecule has 0 bridgehead atoms. The molecule has 104 valence electrons. The molecule has 0 aromatic heterocycles. The first-order valence-corrected chi connectivity index (χ1v) is 6.48. The molecule has 2 unspecified atom stereocenters. The second-order valence-corrected chi connectivity index (χ2v) is 4.95. The number of likely N-dealkylation sites (N-methyl/N-ethyl adjacent to an activating group) is 1. The van der Waals surface area contributed by atoms with Gasteiger partial charge >= 0.3 is 0 Å². The van der Waals surface area contributed by atoms with E-state index in [0.717, 1.165) is 29.8 Å². The summed E-state index contributed by atoms with van der Waals surface area (Å²) in [5.41, 5.74) is 2.27. The predicted octanol–water partition coefficient (Wildman–Crippen LogP) is 1.93. The number of nitrogens with zero attached hydrogens (tertiary/aromatic N) is 1. The van der Waals surface area contributed by atoms with E-state index in [0.29, 0.717) is 0 Å². The maximum absolute atomic E-state index is 5.88. The fourth-order valence-electron chi connectivity index (χ4n) is 2.31. The average molecular weight is 262 g/mol. The van der Waals surface area contributed by atoms with E-state index < -0.39 is 0 Å². The van der Waals surface area contributed by atoms with Crippen molar-refractivity contribution in [2.75, 3.05) is 27.7 Å². The van der Waals surface area contributed by atoms with Crippen molar-refractivity contribution in [2.24, 2.45) is 0 Å². The van der Waals surface area contributed by atoms with Gasteiger partial charge in [-0.1, -0.05) is 18.2 Å². The molecule has 1 aromatic carbocycles. The largest absolute Gasteiger partial charge is 0.496 e. The van der Waals surface area contributed by atoms with E-state index >= 15 is 0 Å². The molecular weight excluding hydrogens is 240 g/mol. The summed E-state index contributed by atoms with van der Waals surface area (Å²) < 4.78 is 11.3. The summed E-state index contributed by atoms with van der Waals surface area (Å²) in [7, 11) is 5.76. The molecule has 1 aliphatic rings. The summed E-state index contributed by atoms with van der Waals surface area (Å²) in [6, 6.07) is 6.04. The van der Waals surface area contributed by atoms with Crippen molar-refractivity contribution in [3.8, 4) is 5.75 Å². The molecule has 0 amide bonds. The first-order chi connectivity index (χ1) is 9.15. The quantitative estimate of drug-likeness (QED) is 0.794. The Balaban J connectivity index is 2.11.